The second kappa shape index (κ2) is 12.6. The quantitative estimate of drug-likeness (QED) is 0.209. The van der Waals surface area contributed by atoms with Crippen LogP contribution in [0.3, 0.4) is 0 Å². The van der Waals surface area contributed by atoms with Crippen molar-refractivity contribution in [3.05, 3.63) is 70.1 Å². The van der Waals surface area contributed by atoms with E-state index in [0.717, 1.165) is 37.2 Å². The summed E-state index contributed by atoms with van der Waals surface area (Å²) in [7, 11) is 0. The van der Waals surface area contributed by atoms with Crippen molar-refractivity contribution in [1.82, 2.24) is 15.2 Å². The third-order valence-electron chi connectivity index (χ3n) is 4.65. The van der Waals surface area contributed by atoms with Gasteiger partial charge in [0.2, 0.25) is 0 Å². The van der Waals surface area contributed by atoms with Gasteiger partial charge in [0.15, 0.2) is 5.96 Å². The van der Waals surface area contributed by atoms with Crippen LogP contribution >= 0.6 is 24.0 Å². The Labute approximate surface area is 190 Å². The Morgan fingerprint density at radius 2 is 1.83 bits per heavy atom. The molecule has 0 amide bonds. The molecule has 2 rings (SSSR count). The molecule has 160 valence electrons. The van der Waals surface area contributed by atoms with Crippen molar-refractivity contribution in [2.75, 3.05) is 19.6 Å². The molecule has 1 aromatic carbocycles. The number of pyridine rings is 1. The molecule has 1 aromatic heterocycles. The predicted molar refractivity (Wildman–Crippen MR) is 130 cm³/mol. The van der Waals surface area contributed by atoms with Gasteiger partial charge in [0.25, 0.3) is 5.56 Å². The largest absolute Gasteiger partial charge is 0.384 e. The number of nitrogens with one attached hydrogen (secondary N) is 2. The molecule has 0 saturated heterocycles. The number of aromatic nitrogens is 1. The summed E-state index contributed by atoms with van der Waals surface area (Å²) in [5, 5.41) is 17.2. The Bertz CT molecular complexity index is 819. The van der Waals surface area contributed by atoms with E-state index in [9.17, 15) is 9.90 Å². The van der Waals surface area contributed by atoms with Crippen molar-refractivity contribution in [2.24, 2.45) is 4.99 Å². The number of aryl methyl sites for hydroxylation is 1. The first-order valence-corrected chi connectivity index (χ1v) is 9.90. The van der Waals surface area contributed by atoms with Crippen LogP contribution in [0.25, 0.3) is 0 Å². The number of unbranched alkanes of at least 4 members (excludes halogenated alkanes) is 1. The third-order valence-corrected chi connectivity index (χ3v) is 4.65. The normalized spacial score (nSPS) is 13.3. The van der Waals surface area contributed by atoms with E-state index in [4.69, 9.17) is 0 Å². The minimum absolute atomic E-state index is 0. The maximum atomic E-state index is 11.9. The lowest BCUT2D eigenvalue weighted by Gasteiger charge is -2.22. The minimum Gasteiger partial charge on any atom is -0.384 e. The number of benzene rings is 1. The lowest BCUT2D eigenvalue weighted by Crippen LogP contribution is -2.39. The number of hydrogen-bond donors (Lipinski definition) is 3. The fraction of sp³-hybridized carbons (Fsp3) is 0.455. The Balaban J connectivity index is 0.00000420. The molecule has 0 aliphatic rings. The maximum Gasteiger partial charge on any atom is 0.250 e. The molecule has 7 heteroatoms. The summed E-state index contributed by atoms with van der Waals surface area (Å²) in [6, 6.07) is 14.9. The van der Waals surface area contributed by atoms with Gasteiger partial charge in [-0.25, -0.2) is 4.99 Å². The molecule has 29 heavy (non-hydrogen) atoms. The maximum absolute atomic E-state index is 11.9. The van der Waals surface area contributed by atoms with Gasteiger partial charge in [-0.3, -0.25) is 4.79 Å². The Kier molecular flexibility index (Phi) is 11.0. The van der Waals surface area contributed by atoms with Crippen LogP contribution in [0.15, 0.2) is 58.3 Å². The topological polar surface area (TPSA) is 78.7 Å². The summed E-state index contributed by atoms with van der Waals surface area (Å²) < 4.78 is 1.80. The molecule has 0 bridgehead atoms. The SMILES string of the molecule is CCNC(=NCC(C)(O)c1ccccc1)NCCCCn1c(C)cccc1=O.I. The van der Waals surface area contributed by atoms with Crippen LogP contribution in [-0.2, 0) is 12.1 Å². The number of halogens is 1. The number of hydrogen-bond acceptors (Lipinski definition) is 3. The zero-order chi connectivity index (χ0) is 20.4. The van der Waals surface area contributed by atoms with Crippen molar-refractivity contribution < 1.29 is 5.11 Å². The zero-order valence-corrected chi connectivity index (χ0v) is 19.8. The van der Waals surface area contributed by atoms with Gasteiger partial charge in [0.1, 0.15) is 5.60 Å². The first-order chi connectivity index (χ1) is 13.4. The van der Waals surface area contributed by atoms with Crippen LogP contribution in [0.4, 0.5) is 0 Å². The zero-order valence-electron chi connectivity index (χ0n) is 17.5. The highest BCUT2D eigenvalue weighted by atomic mass is 127. The van der Waals surface area contributed by atoms with E-state index < -0.39 is 5.60 Å². The van der Waals surface area contributed by atoms with Gasteiger partial charge in [0, 0.05) is 31.4 Å². The van der Waals surface area contributed by atoms with Crippen LogP contribution < -0.4 is 16.2 Å². The summed E-state index contributed by atoms with van der Waals surface area (Å²) in [4.78, 5) is 16.4. The van der Waals surface area contributed by atoms with E-state index in [1.165, 1.54) is 0 Å². The molecule has 0 radical (unpaired) electrons. The molecule has 1 unspecified atom stereocenters. The van der Waals surface area contributed by atoms with Gasteiger partial charge in [-0.2, -0.15) is 0 Å². The van der Waals surface area contributed by atoms with Crippen molar-refractivity contribution in [2.45, 2.75) is 45.8 Å². The Morgan fingerprint density at radius 3 is 2.48 bits per heavy atom. The average molecular weight is 512 g/mol. The fourth-order valence-corrected chi connectivity index (χ4v) is 2.97. The van der Waals surface area contributed by atoms with Gasteiger partial charge in [0.05, 0.1) is 6.54 Å². The lowest BCUT2D eigenvalue weighted by atomic mass is 9.96. The van der Waals surface area contributed by atoms with E-state index in [-0.39, 0.29) is 36.1 Å². The van der Waals surface area contributed by atoms with E-state index in [1.54, 1.807) is 23.6 Å². The Hall–Kier alpha value is -1.87. The molecule has 0 spiro atoms. The number of aliphatic hydroxyl groups is 1. The number of aliphatic imine (C=N–C) groups is 1. The van der Waals surface area contributed by atoms with E-state index in [2.05, 4.69) is 15.6 Å². The van der Waals surface area contributed by atoms with Gasteiger partial charge >= 0.3 is 0 Å². The lowest BCUT2D eigenvalue weighted by molar-refractivity contribution is 0.0672. The molecular weight excluding hydrogens is 479 g/mol. The van der Waals surface area contributed by atoms with E-state index >= 15 is 0 Å². The minimum atomic E-state index is -1.02. The highest BCUT2D eigenvalue weighted by Crippen LogP contribution is 2.20. The number of nitrogens with zero attached hydrogens (tertiary/aromatic N) is 2. The first-order valence-electron chi connectivity index (χ1n) is 9.90. The first kappa shape index (κ1) is 25.2. The molecule has 2 aromatic rings. The van der Waals surface area contributed by atoms with E-state index in [1.807, 2.05) is 50.2 Å². The van der Waals surface area contributed by atoms with Crippen LogP contribution in [0.1, 0.15) is 37.9 Å². The molecule has 1 atom stereocenters. The standard InChI is InChI=1S/C22H32N4O2.HI/c1-4-23-21(25-17-22(3,28)19-12-6-5-7-13-19)24-15-8-9-16-26-18(2)11-10-14-20(26)27;/h5-7,10-14,28H,4,8-9,15-17H2,1-3H3,(H2,23,24,25);1H. The van der Waals surface area contributed by atoms with Crippen molar-refractivity contribution in [3.8, 4) is 0 Å². The van der Waals surface area contributed by atoms with Crippen LogP contribution in [-0.4, -0.2) is 35.3 Å². The highest BCUT2D eigenvalue weighted by molar-refractivity contribution is 14.0. The van der Waals surface area contributed by atoms with Crippen molar-refractivity contribution in [3.63, 3.8) is 0 Å². The molecule has 6 nitrogen and oxygen atoms in total. The summed E-state index contributed by atoms with van der Waals surface area (Å²) in [5.41, 5.74) is 0.859. The molecule has 0 aliphatic heterocycles. The molecule has 0 fully saturated rings. The summed E-state index contributed by atoms with van der Waals surface area (Å²) in [5.74, 6) is 0.687. The summed E-state index contributed by atoms with van der Waals surface area (Å²) >= 11 is 0. The van der Waals surface area contributed by atoms with Crippen molar-refractivity contribution >= 4 is 29.9 Å². The van der Waals surface area contributed by atoms with Crippen molar-refractivity contribution in [1.29, 1.82) is 0 Å². The van der Waals surface area contributed by atoms with E-state index in [0.29, 0.717) is 12.5 Å². The van der Waals surface area contributed by atoms with Crippen LogP contribution in [0.2, 0.25) is 0 Å². The summed E-state index contributed by atoms with van der Waals surface area (Å²) in [6.07, 6.45) is 1.82. The fourth-order valence-electron chi connectivity index (χ4n) is 2.97. The van der Waals surface area contributed by atoms with Gasteiger partial charge < -0.3 is 20.3 Å². The molecular formula is C22H33IN4O2. The molecule has 1 heterocycles. The van der Waals surface area contributed by atoms with Gasteiger partial charge in [-0.15, -0.1) is 24.0 Å². The van der Waals surface area contributed by atoms with Crippen LogP contribution in [0, 0.1) is 6.92 Å². The third kappa shape index (κ3) is 8.18. The monoisotopic (exact) mass is 512 g/mol. The highest BCUT2D eigenvalue weighted by Gasteiger charge is 2.22. The predicted octanol–water partition coefficient (Wildman–Crippen LogP) is 3.02. The number of rotatable bonds is 9. The number of guanidine groups is 1. The molecule has 0 aliphatic carbocycles. The molecule has 3 N–H and O–H groups in total. The Morgan fingerprint density at radius 1 is 1.10 bits per heavy atom. The van der Waals surface area contributed by atoms with Gasteiger partial charge in [-0.05, 0) is 45.2 Å². The average Bonchev–Trinajstić information content (AvgIpc) is 2.68. The molecule has 0 saturated carbocycles. The van der Waals surface area contributed by atoms with Gasteiger partial charge in [-0.1, -0.05) is 36.4 Å². The van der Waals surface area contributed by atoms with Crippen LogP contribution in [0.5, 0.6) is 0 Å². The second-order valence-electron chi connectivity index (χ2n) is 7.13. The summed E-state index contributed by atoms with van der Waals surface area (Å²) in [6.45, 7) is 8.22. The smallest absolute Gasteiger partial charge is 0.250 e. The second-order valence-corrected chi connectivity index (χ2v) is 7.13.